The van der Waals surface area contributed by atoms with E-state index >= 15 is 0 Å². The normalized spacial score (nSPS) is 11.3. The Balaban J connectivity index is 2.30. The Kier molecular flexibility index (Phi) is 4.21. The van der Waals surface area contributed by atoms with Crippen LogP contribution in [0.1, 0.15) is 11.1 Å². The van der Waals surface area contributed by atoms with Gasteiger partial charge in [-0.05, 0) is 36.2 Å². The third kappa shape index (κ3) is 3.33. The fourth-order valence-corrected chi connectivity index (χ4v) is 3.02. The lowest BCUT2D eigenvalue weighted by Crippen LogP contribution is -2.13. The Labute approximate surface area is 121 Å². The maximum absolute atomic E-state index is 12.2. The van der Waals surface area contributed by atoms with Crippen molar-refractivity contribution in [2.24, 2.45) is 0 Å². The number of aromatic nitrogens is 1. The van der Waals surface area contributed by atoms with Crippen LogP contribution in [0.3, 0.4) is 0 Å². The van der Waals surface area contributed by atoms with Gasteiger partial charge in [0, 0.05) is 11.5 Å². The van der Waals surface area contributed by atoms with Gasteiger partial charge in [-0.25, -0.2) is 8.42 Å². The van der Waals surface area contributed by atoms with Crippen LogP contribution in [0.15, 0.2) is 47.6 Å². The summed E-state index contributed by atoms with van der Waals surface area (Å²) >= 11 is 3.32. The van der Waals surface area contributed by atoms with Crippen LogP contribution < -0.4 is 4.72 Å². The molecule has 1 N–H and O–H groups in total. The van der Waals surface area contributed by atoms with E-state index in [1.165, 1.54) is 6.20 Å². The molecule has 100 valence electrons. The number of benzene rings is 1. The average molecular weight is 341 g/mol. The van der Waals surface area contributed by atoms with E-state index in [0.29, 0.717) is 11.0 Å². The molecule has 0 spiro atoms. The molecule has 0 saturated heterocycles. The molecule has 0 amide bonds. The first-order valence-electron chi connectivity index (χ1n) is 5.61. The molecule has 0 saturated carbocycles. The van der Waals surface area contributed by atoms with Crippen LogP contribution in [-0.2, 0) is 15.4 Å². The van der Waals surface area contributed by atoms with Crippen molar-refractivity contribution < 1.29 is 8.42 Å². The molecule has 4 nitrogen and oxygen atoms in total. The molecule has 2 rings (SSSR count). The van der Waals surface area contributed by atoms with Crippen LogP contribution >= 0.6 is 15.9 Å². The second-order valence-electron chi connectivity index (χ2n) is 4.07. The summed E-state index contributed by atoms with van der Waals surface area (Å²) in [6, 6.07) is 8.49. The zero-order valence-corrected chi connectivity index (χ0v) is 12.7. The van der Waals surface area contributed by atoms with E-state index in [9.17, 15) is 8.42 Å². The predicted molar refractivity (Wildman–Crippen MR) is 78.9 cm³/mol. The topological polar surface area (TPSA) is 59.1 Å². The predicted octanol–water partition coefficient (Wildman–Crippen LogP) is 3.09. The number of nitrogens with one attached hydrogen (secondary N) is 1. The zero-order chi connectivity index (χ0) is 13.9. The van der Waals surface area contributed by atoms with E-state index in [1.54, 1.807) is 36.5 Å². The van der Waals surface area contributed by atoms with Gasteiger partial charge < -0.3 is 0 Å². The van der Waals surface area contributed by atoms with Crippen molar-refractivity contribution in [1.29, 1.82) is 0 Å². The van der Waals surface area contributed by atoms with Gasteiger partial charge in [0.2, 0.25) is 0 Å². The van der Waals surface area contributed by atoms with Gasteiger partial charge in [-0.1, -0.05) is 28.1 Å². The molecule has 0 aliphatic carbocycles. The smallest absolute Gasteiger partial charge is 0.261 e. The fourth-order valence-electron chi connectivity index (χ4n) is 1.53. The zero-order valence-electron chi connectivity index (χ0n) is 10.3. The standard InChI is InChI=1S/C13H13BrN2O2S/c1-10-6-7-15-9-13(10)16-19(17,18)12-4-2-11(8-14)3-5-12/h2-7,9,16H,8H2,1H3. The van der Waals surface area contributed by atoms with Gasteiger partial charge in [0.1, 0.15) is 0 Å². The molecule has 1 aromatic heterocycles. The van der Waals surface area contributed by atoms with Gasteiger partial charge in [0.05, 0.1) is 16.8 Å². The maximum Gasteiger partial charge on any atom is 0.261 e. The molecular weight excluding hydrogens is 328 g/mol. The Hall–Kier alpha value is -1.40. The number of pyridine rings is 1. The van der Waals surface area contributed by atoms with Crippen LogP contribution in [-0.4, -0.2) is 13.4 Å². The summed E-state index contributed by atoms with van der Waals surface area (Å²) < 4.78 is 26.9. The van der Waals surface area contributed by atoms with Crippen molar-refractivity contribution >= 4 is 31.6 Å². The Morgan fingerprint density at radius 3 is 2.47 bits per heavy atom. The van der Waals surface area contributed by atoms with E-state index in [2.05, 4.69) is 25.6 Å². The summed E-state index contributed by atoms with van der Waals surface area (Å²) in [5.41, 5.74) is 2.35. The number of halogens is 1. The molecule has 2 aromatic rings. The first-order chi connectivity index (χ1) is 9.03. The first kappa shape index (κ1) is 14.0. The van der Waals surface area contributed by atoms with Gasteiger partial charge >= 0.3 is 0 Å². The molecule has 0 atom stereocenters. The summed E-state index contributed by atoms with van der Waals surface area (Å²) in [4.78, 5) is 4.15. The molecule has 0 aliphatic rings. The van der Waals surface area contributed by atoms with Crippen molar-refractivity contribution in [2.45, 2.75) is 17.1 Å². The van der Waals surface area contributed by atoms with E-state index in [0.717, 1.165) is 11.1 Å². The molecule has 1 aromatic carbocycles. The highest BCUT2D eigenvalue weighted by Crippen LogP contribution is 2.19. The number of alkyl halides is 1. The number of sulfonamides is 1. The maximum atomic E-state index is 12.2. The fraction of sp³-hybridized carbons (Fsp3) is 0.154. The molecule has 6 heteroatoms. The van der Waals surface area contributed by atoms with Crippen LogP contribution in [0.2, 0.25) is 0 Å². The highest BCUT2D eigenvalue weighted by atomic mass is 79.9. The Bertz CT molecular complexity index is 669. The largest absolute Gasteiger partial charge is 0.278 e. The van der Waals surface area contributed by atoms with Gasteiger partial charge in [0.25, 0.3) is 10.0 Å². The summed E-state index contributed by atoms with van der Waals surface area (Å²) in [5, 5.41) is 0.697. The molecule has 0 fully saturated rings. The molecule has 0 aliphatic heterocycles. The third-order valence-corrected chi connectivity index (χ3v) is 4.70. The van der Waals surface area contributed by atoms with E-state index in [4.69, 9.17) is 0 Å². The lowest BCUT2D eigenvalue weighted by Gasteiger charge is -2.10. The average Bonchev–Trinajstić information content (AvgIpc) is 2.41. The lowest BCUT2D eigenvalue weighted by atomic mass is 10.2. The highest BCUT2D eigenvalue weighted by Gasteiger charge is 2.14. The Morgan fingerprint density at radius 1 is 1.21 bits per heavy atom. The first-order valence-corrected chi connectivity index (χ1v) is 8.22. The lowest BCUT2D eigenvalue weighted by molar-refractivity contribution is 0.601. The summed E-state index contributed by atoms with van der Waals surface area (Å²) in [7, 11) is -3.57. The van der Waals surface area contributed by atoms with Crippen LogP contribution in [0, 0.1) is 6.92 Å². The van der Waals surface area contributed by atoms with Gasteiger partial charge in [0.15, 0.2) is 0 Å². The van der Waals surface area contributed by atoms with Crippen molar-refractivity contribution in [3.8, 4) is 0 Å². The summed E-state index contributed by atoms with van der Waals surface area (Å²) in [6.45, 7) is 1.83. The van der Waals surface area contributed by atoms with Crippen molar-refractivity contribution in [2.75, 3.05) is 4.72 Å². The molecule has 0 radical (unpaired) electrons. The summed E-state index contributed by atoms with van der Waals surface area (Å²) in [5.74, 6) is 0. The molecule has 1 heterocycles. The third-order valence-electron chi connectivity index (χ3n) is 2.67. The monoisotopic (exact) mass is 340 g/mol. The highest BCUT2D eigenvalue weighted by molar-refractivity contribution is 9.08. The number of aryl methyl sites for hydroxylation is 1. The van der Waals surface area contributed by atoms with Gasteiger partial charge in [-0.3, -0.25) is 9.71 Å². The van der Waals surface area contributed by atoms with Crippen LogP contribution in [0.5, 0.6) is 0 Å². The SMILES string of the molecule is Cc1ccncc1NS(=O)(=O)c1ccc(CBr)cc1. The number of hydrogen-bond acceptors (Lipinski definition) is 3. The van der Waals surface area contributed by atoms with Crippen molar-refractivity contribution in [3.63, 3.8) is 0 Å². The number of hydrogen-bond donors (Lipinski definition) is 1. The number of rotatable bonds is 4. The van der Waals surface area contributed by atoms with E-state index in [1.807, 2.05) is 6.92 Å². The van der Waals surface area contributed by atoms with E-state index in [-0.39, 0.29) is 4.90 Å². The molecule has 19 heavy (non-hydrogen) atoms. The molecule has 0 unspecified atom stereocenters. The second-order valence-corrected chi connectivity index (χ2v) is 6.32. The quantitative estimate of drug-likeness (QED) is 0.870. The second kappa shape index (κ2) is 5.71. The van der Waals surface area contributed by atoms with Crippen molar-refractivity contribution in [1.82, 2.24) is 4.98 Å². The molecule has 0 bridgehead atoms. The van der Waals surface area contributed by atoms with Crippen LogP contribution in [0.4, 0.5) is 5.69 Å². The number of nitrogens with zero attached hydrogens (tertiary/aromatic N) is 1. The summed E-state index contributed by atoms with van der Waals surface area (Å²) in [6.07, 6.45) is 3.12. The molecular formula is C13H13BrN2O2S. The minimum atomic E-state index is -3.57. The minimum Gasteiger partial charge on any atom is -0.278 e. The van der Waals surface area contributed by atoms with E-state index < -0.39 is 10.0 Å². The van der Waals surface area contributed by atoms with Gasteiger partial charge in [-0.2, -0.15) is 0 Å². The van der Waals surface area contributed by atoms with Gasteiger partial charge in [-0.15, -0.1) is 0 Å². The Morgan fingerprint density at radius 2 is 1.89 bits per heavy atom. The van der Waals surface area contributed by atoms with Crippen molar-refractivity contribution in [3.05, 3.63) is 53.9 Å². The minimum absolute atomic E-state index is 0.237. The number of anilines is 1. The van der Waals surface area contributed by atoms with Crippen LogP contribution in [0.25, 0.3) is 0 Å².